The van der Waals surface area contributed by atoms with Crippen LogP contribution in [0.2, 0.25) is 0 Å². The third kappa shape index (κ3) is 4.74. The maximum Gasteiger partial charge on any atom is 0.265 e. The summed E-state index contributed by atoms with van der Waals surface area (Å²) in [5.74, 6) is 0.959. The number of hydrogen-bond donors (Lipinski definition) is 1. The molecule has 24 heavy (non-hydrogen) atoms. The standard InChI is InChI=1S/C18H20N2O4/c1-13-6-4-5-7-15(13)20-18(21)12-24-19-11-14-8-9-16(22-2)17(10-14)23-3/h4-11H,12H2,1-3H3,(H,20,21)/b19-11+. The molecule has 126 valence electrons. The van der Waals surface area contributed by atoms with E-state index in [1.807, 2.05) is 37.3 Å². The average molecular weight is 328 g/mol. The number of para-hydroxylation sites is 1. The molecule has 0 fully saturated rings. The van der Waals surface area contributed by atoms with E-state index in [4.69, 9.17) is 14.3 Å². The Kier molecular flexibility index (Phi) is 6.19. The summed E-state index contributed by atoms with van der Waals surface area (Å²) in [6, 6.07) is 12.9. The van der Waals surface area contributed by atoms with Gasteiger partial charge < -0.3 is 19.6 Å². The fourth-order valence-electron chi connectivity index (χ4n) is 2.03. The van der Waals surface area contributed by atoms with Crippen molar-refractivity contribution in [3.05, 3.63) is 53.6 Å². The highest BCUT2D eigenvalue weighted by atomic mass is 16.6. The molecule has 2 aromatic carbocycles. The lowest BCUT2D eigenvalue weighted by molar-refractivity contribution is -0.120. The second-order valence-electron chi connectivity index (χ2n) is 4.99. The number of methoxy groups -OCH3 is 2. The highest BCUT2D eigenvalue weighted by Gasteiger charge is 2.05. The van der Waals surface area contributed by atoms with Gasteiger partial charge in [0.2, 0.25) is 0 Å². The number of benzene rings is 2. The predicted octanol–water partition coefficient (Wildman–Crippen LogP) is 3.00. The zero-order chi connectivity index (χ0) is 17.4. The first-order chi connectivity index (χ1) is 11.6. The Balaban J connectivity index is 1.86. The molecule has 1 amide bonds. The van der Waals surface area contributed by atoms with Crippen molar-refractivity contribution in [2.45, 2.75) is 6.92 Å². The first kappa shape index (κ1) is 17.3. The van der Waals surface area contributed by atoms with Crippen LogP contribution in [0.1, 0.15) is 11.1 Å². The monoisotopic (exact) mass is 328 g/mol. The number of carbonyl (C=O) groups is 1. The van der Waals surface area contributed by atoms with E-state index in [0.29, 0.717) is 11.5 Å². The molecule has 6 nitrogen and oxygen atoms in total. The van der Waals surface area contributed by atoms with Crippen LogP contribution >= 0.6 is 0 Å². The second-order valence-corrected chi connectivity index (χ2v) is 4.99. The number of amides is 1. The normalized spacial score (nSPS) is 10.5. The second kappa shape index (κ2) is 8.57. The van der Waals surface area contributed by atoms with Gasteiger partial charge in [-0.2, -0.15) is 0 Å². The fraction of sp³-hybridized carbons (Fsp3) is 0.222. The minimum Gasteiger partial charge on any atom is -0.493 e. The van der Waals surface area contributed by atoms with Crippen molar-refractivity contribution in [2.75, 3.05) is 26.1 Å². The smallest absolute Gasteiger partial charge is 0.265 e. The molecule has 1 N–H and O–H groups in total. The molecule has 2 rings (SSSR count). The number of aryl methyl sites for hydroxylation is 1. The van der Waals surface area contributed by atoms with Crippen molar-refractivity contribution in [2.24, 2.45) is 5.16 Å². The lowest BCUT2D eigenvalue weighted by Gasteiger charge is -2.08. The highest BCUT2D eigenvalue weighted by Crippen LogP contribution is 2.26. The van der Waals surface area contributed by atoms with Crippen LogP contribution in [-0.2, 0) is 9.63 Å². The number of oxime groups is 1. The Morgan fingerprint density at radius 1 is 1.12 bits per heavy atom. The third-order valence-electron chi connectivity index (χ3n) is 3.30. The number of hydrogen-bond acceptors (Lipinski definition) is 5. The summed E-state index contributed by atoms with van der Waals surface area (Å²) in [6.45, 7) is 1.75. The summed E-state index contributed by atoms with van der Waals surface area (Å²) in [5, 5.41) is 6.56. The molecule has 0 saturated carbocycles. The molecule has 0 saturated heterocycles. The molecular weight excluding hydrogens is 308 g/mol. The predicted molar refractivity (Wildman–Crippen MR) is 92.9 cm³/mol. The van der Waals surface area contributed by atoms with E-state index in [1.54, 1.807) is 26.4 Å². The lowest BCUT2D eigenvalue weighted by atomic mass is 10.2. The molecule has 0 bridgehead atoms. The Bertz CT molecular complexity index is 729. The highest BCUT2D eigenvalue weighted by molar-refractivity contribution is 5.92. The van der Waals surface area contributed by atoms with E-state index in [9.17, 15) is 4.79 Å². The van der Waals surface area contributed by atoms with Crippen LogP contribution in [0.3, 0.4) is 0 Å². The summed E-state index contributed by atoms with van der Waals surface area (Å²) in [4.78, 5) is 16.8. The van der Waals surface area contributed by atoms with Gasteiger partial charge in [0, 0.05) is 11.3 Å². The topological polar surface area (TPSA) is 69.2 Å². The number of anilines is 1. The Hall–Kier alpha value is -3.02. The van der Waals surface area contributed by atoms with Crippen molar-refractivity contribution in [3.8, 4) is 11.5 Å². The van der Waals surface area contributed by atoms with E-state index >= 15 is 0 Å². The molecule has 0 aliphatic rings. The zero-order valence-corrected chi connectivity index (χ0v) is 13.9. The van der Waals surface area contributed by atoms with Crippen molar-refractivity contribution in [1.82, 2.24) is 0 Å². The SMILES string of the molecule is COc1ccc(/C=N/OCC(=O)Nc2ccccc2C)cc1OC. The number of carbonyl (C=O) groups excluding carboxylic acids is 1. The number of nitrogens with zero attached hydrogens (tertiary/aromatic N) is 1. The van der Waals surface area contributed by atoms with E-state index in [2.05, 4.69) is 10.5 Å². The van der Waals surface area contributed by atoms with E-state index in [1.165, 1.54) is 6.21 Å². The molecule has 0 aromatic heterocycles. The van der Waals surface area contributed by atoms with Gasteiger partial charge in [0.25, 0.3) is 5.91 Å². The van der Waals surface area contributed by atoms with Gasteiger partial charge in [0.05, 0.1) is 20.4 Å². The quantitative estimate of drug-likeness (QED) is 0.626. The fourth-order valence-corrected chi connectivity index (χ4v) is 2.03. The van der Waals surface area contributed by atoms with Crippen LogP contribution in [-0.4, -0.2) is 32.9 Å². The van der Waals surface area contributed by atoms with Gasteiger partial charge in [-0.05, 0) is 36.8 Å². The van der Waals surface area contributed by atoms with Gasteiger partial charge in [0.15, 0.2) is 18.1 Å². The van der Waals surface area contributed by atoms with Gasteiger partial charge >= 0.3 is 0 Å². The molecule has 0 radical (unpaired) electrons. The van der Waals surface area contributed by atoms with Gasteiger partial charge in [-0.3, -0.25) is 4.79 Å². The number of nitrogens with one attached hydrogen (secondary N) is 1. The average Bonchev–Trinajstić information content (AvgIpc) is 2.60. The summed E-state index contributed by atoms with van der Waals surface area (Å²) >= 11 is 0. The van der Waals surface area contributed by atoms with Crippen LogP contribution in [0, 0.1) is 6.92 Å². The van der Waals surface area contributed by atoms with Crippen LogP contribution in [0.25, 0.3) is 0 Å². The lowest BCUT2D eigenvalue weighted by Crippen LogP contribution is -2.17. The van der Waals surface area contributed by atoms with Crippen LogP contribution in [0.5, 0.6) is 11.5 Å². The van der Waals surface area contributed by atoms with Gasteiger partial charge in [-0.1, -0.05) is 23.4 Å². The molecule has 6 heteroatoms. The van der Waals surface area contributed by atoms with Crippen molar-refractivity contribution >= 4 is 17.8 Å². The van der Waals surface area contributed by atoms with E-state index < -0.39 is 0 Å². The minimum absolute atomic E-state index is 0.169. The first-order valence-electron chi connectivity index (χ1n) is 7.37. The van der Waals surface area contributed by atoms with Crippen molar-refractivity contribution in [3.63, 3.8) is 0 Å². The summed E-state index contributed by atoms with van der Waals surface area (Å²) in [7, 11) is 3.13. The molecule has 2 aromatic rings. The summed E-state index contributed by atoms with van der Waals surface area (Å²) in [5.41, 5.74) is 2.52. The Morgan fingerprint density at radius 2 is 1.88 bits per heavy atom. The number of rotatable bonds is 7. The molecule has 0 aliphatic carbocycles. The van der Waals surface area contributed by atoms with E-state index in [0.717, 1.165) is 16.8 Å². The largest absolute Gasteiger partial charge is 0.493 e. The van der Waals surface area contributed by atoms with E-state index in [-0.39, 0.29) is 12.5 Å². The number of ether oxygens (including phenoxy) is 2. The van der Waals surface area contributed by atoms with Crippen LogP contribution < -0.4 is 14.8 Å². The molecule has 0 unspecified atom stereocenters. The maximum atomic E-state index is 11.8. The Labute approximate surface area is 141 Å². The molecule has 0 atom stereocenters. The van der Waals surface area contributed by atoms with Crippen LogP contribution in [0.4, 0.5) is 5.69 Å². The van der Waals surface area contributed by atoms with Gasteiger partial charge in [0.1, 0.15) is 0 Å². The molecule has 0 heterocycles. The third-order valence-corrected chi connectivity index (χ3v) is 3.30. The molecule has 0 aliphatic heterocycles. The van der Waals surface area contributed by atoms with Crippen LogP contribution in [0.15, 0.2) is 47.6 Å². The Morgan fingerprint density at radius 3 is 2.58 bits per heavy atom. The minimum atomic E-state index is -0.270. The molecule has 0 spiro atoms. The molecular formula is C18H20N2O4. The van der Waals surface area contributed by atoms with Crippen molar-refractivity contribution < 1.29 is 19.1 Å². The zero-order valence-electron chi connectivity index (χ0n) is 13.9. The summed E-state index contributed by atoms with van der Waals surface area (Å²) in [6.07, 6.45) is 1.50. The maximum absolute atomic E-state index is 11.8. The van der Waals surface area contributed by atoms with Gasteiger partial charge in [-0.25, -0.2) is 0 Å². The van der Waals surface area contributed by atoms with Gasteiger partial charge in [-0.15, -0.1) is 0 Å². The summed E-state index contributed by atoms with van der Waals surface area (Å²) < 4.78 is 10.4. The van der Waals surface area contributed by atoms with Crippen molar-refractivity contribution in [1.29, 1.82) is 0 Å². The first-order valence-corrected chi connectivity index (χ1v) is 7.37.